The molecular weight excluding hydrogens is 376 g/mol. The van der Waals surface area contributed by atoms with Crippen LogP contribution in [0.5, 0.6) is 0 Å². The lowest BCUT2D eigenvalue weighted by Gasteiger charge is -2.13. The second-order valence-electron chi connectivity index (χ2n) is 8.82. The fourth-order valence-corrected chi connectivity index (χ4v) is 5.38. The summed E-state index contributed by atoms with van der Waals surface area (Å²) in [5.41, 5.74) is 3.50. The Hall–Kier alpha value is -2.96. The van der Waals surface area contributed by atoms with Gasteiger partial charge in [0.15, 0.2) is 0 Å². The summed E-state index contributed by atoms with van der Waals surface area (Å²) in [6.45, 7) is 2.74. The molecule has 7 heteroatoms. The van der Waals surface area contributed by atoms with Gasteiger partial charge in [-0.25, -0.2) is 9.56 Å². The largest absolute Gasteiger partial charge is 0.371 e. The van der Waals surface area contributed by atoms with Crippen LogP contribution in [0.2, 0.25) is 0 Å². The molecule has 0 radical (unpaired) electrons. The Balaban J connectivity index is 1.62. The van der Waals surface area contributed by atoms with Crippen LogP contribution in [-0.4, -0.2) is 38.1 Å². The summed E-state index contributed by atoms with van der Waals surface area (Å²) >= 11 is 0. The molecule has 1 aromatic rings. The van der Waals surface area contributed by atoms with E-state index in [1.165, 1.54) is 24.8 Å². The van der Waals surface area contributed by atoms with E-state index in [0.29, 0.717) is 18.3 Å². The number of hydrogen-bond donors (Lipinski definition) is 0. The Labute approximate surface area is 175 Å². The Bertz CT molecular complexity index is 1250. The average Bonchev–Trinajstić information content (AvgIpc) is 3.52. The molecule has 0 N–H and O–H groups in total. The normalized spacial score (nSPS) is 23.2. The molecule has 0 aromatic heterocycles. The van der Waals surface area contributed by atoms with E-state index in [-0.39, 0.29) is 11.6 Å². The van der Waals surface area contributed by atoms with Gasteiger partial charge in [-0.2, -0.15) is 0 Å². The highest BCUT2D eigenvalue weighted by molar-refractivity contribution is 5.46. The van der Waals surface area contributed by atoms with Gasteiger partial charge < -0.3 is 4.90 Å². The predicted octanol–water partition coefficient (Wildman–Crippen LogP) is 0.583. The number of aromatic nitrogens is 4. The van der Waals surface area contributed by atoms with Crippen LogP contribution in [0.15, 0.2) is 40.1 Å². The van der Waals surface area contributed by atoms with Gasteiger partial charge in [0, 0.05) is 20.1 Å². The summed E-state index contributed by atoms with van der Waals surface area (Å²) in [5.74, 6) is 0.799. The van der Waals surface area contributed by atoms with Crippen LogP contribution < -0.4 is 21.2 Å². The van der Waals surface area contributed by atoms with Crippen molar-refractivity contribution in [2.45, 2.75) is 50.7 Å². The summed E-state index contributed by atoms with van der Waals surface area (Å²) < 4.78 is 6.08. The van der Waals surface area contributed by atoms with Gasteiger partial charge in [0.1, 0.15) is 6.54 Å². The standard InChI is InChI=1S/C23H27N6O/c1-26-22(30)20-21(29-18-11-7-10-17(18)24-23(26)29)25-19(15-27-12-5-6-13-27)28(20)14-16-8-3-2-4-9-16/h2-4,8-9,15,17-18H,5-7,10-14H2,1H3/q+1/t17-,18+/m1/s1. The van der Waals surface area contributed by atoms with Crippen molar-refractivity contribution in [3.8, 4) is 11.5 Å². The van der Waals surface area contributed by atoms with Crippen molar-refractivity contribution in [3.05, 3.63) is 57.3 Å². The van der Waals surface area contributed by atoms with Crippen LogP contribution in [-0.2, 0) is 13.6 Å². The molecule has 5 aliphatic rings. The van der Waals surface area contributed by atoms with Gasteiger partial charge in [0.25, 0.3) is 5.69 Å². The number of rotatable bonds is 3. The minimum Gasteiger partial charge on any atom is -0.371 e. The molecule has 4 heterocycles. The van der Waals surface area contributed by atoms with Gasteiger partial charge in [-0.15, -0.1) is 0 Å². The van der Waals surface area contributed by atoms with Gasteiger partial charge >= 0.3 is 16.9 Å². The van der Waals surface area contributed by atoms with Crippen molar-refractivity contribution < 1.29 is 4.57 Å². The average molecular weight is 404 g/mol. The zero-order valence-electron chi connectivity index (χ0n) is 17.4. The van der Waals surface area contributed by atoms with E-state index in [4.69, 9.17) is 9.98 Å². The van der Waals surface area contributed by atoms with Gasteiger partial charge in [-0.05, 0) is 42.7 Å². The molecular formula is C23H27N6O+. The molecule has 0 spiro atoms. The summed E-state index contributed by atoms with van der Waals surface area (Å²) in [7, 11) is 1.85. The fraction of sp³-hybridized carbons (Fsp3) is 0.478. The molecule has 2 fully saturated rings. The summed E-state index contributed by atoms with van der Waals surface area (Å²) in [6, 6.07) is 10.9. The maximum absolute atomic E-state index is 13.5. The van der Waals surface area contributed by atoms with Crippen LogP contribution in [0.3, 0.4) is 0 Å². The molecule has 154 valence electrons. The number of benzene rings is 1. The van der Waals surface area contributed by atoms with Crippen molar-refractivity contribution in [2.75, 3.05) is 13.1 Å². The van der Waals surface area contributed by atoms with Crippen molar-refractivity contribution >= 4 is 6.20 Å². The highest BCUT2D eigenvalue weighted by atomic mass is 16.1. The van der Waals surface area contributed by atoms with Gasteiger partial charge in [-0.3, -0.25) is 13.9 Å². The lowest BCUT2D eigenvalue weighted by Crippen LogP contribution is -2.54. The monoisotopic (exact) mass is 403 g/mol. The summed E-state index contributed by atoms with van der Waals surface area (Å²) in [5, 5.41) is 0. The zero-order chi connectivity index (χ0) is 20.2. The lowest BCUT2D eigenvalue weighted by atomic mass is 10.2. The zero-order valence-corrected chi connectivity index (χ0v) is 17.4. The van der Waals surface area contributed by atoms with Gasteiger partial charge in [-0.1, -0.05) is 30.3 Å². The van der Waals surface area contributed by atoms with E-state index in [9.17, 15) is 4.79 Å². The van der Waals surface area contributed by atoms with E-state index in [0.717, 1.165) is 42.9 Å². The first kappa shape index (κ1) is 17.9. The lowest BCUT2D eigenvalue weighted by molar-refractivity contribution is -0.690. The quantitative estimate of drug-likeness (QED) is 0.602. The van der Waals surface area contributed by atoms with Crippen LogP contribution in [0.1, 0.15) is 43.7 Å². The van der Waals surface area contributed by atoms with E-state index < -0.39 is 0 Å². The van der Waals surface area contributed by atoms with Gasteiger partial charge in [0.2, 0.25) is 5.62 Å². The Morgan fingerprint density at radius 2 is 1.93 bits per heavy atom. The molecule has 1 aromatic carbocycles. The maximum Gasteiger partial charge on any atom is 0.342 e. The van der Waals surface area contributed by atoms with Crippen LogP contribution in [0.25, 0.3) is 17.7 Å². The smallest absolute Gasteiger partial charge is 0.342 e. The number of hydrogen-bond acceptors (Lipinski definition) is 4. The third kappa shape index (κ3) is 2.64. The van der Waals surface area contributed by atoms with Gasteiger partial charge in [0.05, 0.1) is 18.3 Å². The Morgan fingerprint density at radius 1 is 1.13 bits per heavy atom. The van der Waals surface area contributed by atoms with Crippen LogP contribution >= 0.6 is 0 Å². The summed E-state index contributed by atoms with van der Waals surface area (Å²) in [6.07, 6.45) is 7.97. The first-order chi connectivity index (χ1) is 14.7. The second kappa shape index (κ2) is 6.79. The number of nitrogens with zero attached hydrogens (tertiary/aromatic N) is 6. The van der Waals surface area contributed by atoms with Crippen LogP contribution in [0, 0.1) is 0 Å². The minimum absolute atomic E-state index is 0.00974. The molecule has 0 bridgehead atoms. The molecule has 1 saturated heterocycles. The third-order valence-corrected chi connectivity index (χ3v) is 6.91. The van der Waals surface area contributed by atoms with Crippen LogP contribution in [0.4, 0.5) is 0 Å². The molecule has 6 rings (SSSR count). The molecule has 0 amide bonds. The first-order valence-corrected chi connectivity index (χ1v) is 11.1. The molecule has 1 aliphatic carbocycles. The highest BCUT2D eigenvalue weighted by Gasteiger charge is 2.42. The molecule has 7 nitrogen and oxygen atoms in total. The maximum atomic E-state index is 13.5. The molecule has 30 heavy (non-hydrogen) atoms. The predicted molar refractivity (Wildman–Crippen MR) is 113 cm³/mol. The minimum atomic E-state index is -0.00974. The summed E-state index contributed by atoms with van der Waals surface area (Å²) in [4.78, 5) is 25.8. The molecule has 2 atom stereocenters. The number of imidazole rings is 1. The first-order valence-electron chi connectivity index (χ1n) is 11.1. The van der Waals surface area contributed by atoms with E-state index in [1.54, 1.807) is 4.57 Å². The molecule has 4 aliphatic heterocycles. The second-order valence-corrected chi connectivity index (χ2v) is 8.82. The van der Waals surface area contributed by atoms with E-state index >= 15 is 0 Å². The van der Waals surface area contributed by atoms with E-state index in [2.05, 4.69) is 32.4 Å². The Morgan fingerprint density at radius 3 is 2.73 bits per heavy atom. The molecule has 1 saturated carbocycles. The Kier molecular flexibility index (Phi) is 4.04. The van der Waals surface area contributed by atoms with Crippen molar-refractivity contribution in [3.63, 3.8) is 0 Å². The van der Waals surface area contributed by atoms with Crippen molar-refractivity contribution in [1.29, 1.82) is 0 Å². The third-order valence-electron chi connectivity index (χ3n) is 6.91. The number of fused-ring (bicyclic) bond motifs is 5. The topological polar surface area (TPSA) is 59.3 Å². The molecule has 0 unspecified atom stereocenters. The highest BCUT2D eigenvalue weighted by Crippen LogP contribution is 2.35. The van der Waals surface area contributed by atoms with Crippen molar-refractivity contribution in [2.24, 2.45) is 12.0 Å². The van der Waals surface area contributed by atoms with E-state index in [1.807, 2.05) is 25.2 Å². The fourth-order valence-electron chi connectivity index (χ4n) is 5.38. The van der Waals surface area contributed by atoms with Crippen molar-refractivity contribution in [1.82, 2.24) is 19.0 Å². The SMILES string of the molecule is Cn1c(=O)c2[n+](Cc3ccccc3)/c(=C/N3CCCC3)nc-2n2c1=N[C@@H]1CCC[C@@H]12. The number of likely N-dealkylation sites (tertiary alicyclic amines) is 1.